The van der Waals surface area contributed by atoms with Crippen molar-refractivity contribution in [3.8, 4) is 0 Å². The number of aryl methyl sites for hydroxylation is 1. The number of nitro benzene ring substituents is 1. The van der Waals surface area contributed by atoms with Gasteiger partial charge in [-0.3, -0.25) is 15.4 Å². The predicted octanol–water partition coefficient (Wildman–Crippen LogP) is 3.90. The summed E-state index contributed by atoms with van der Waals surface area (Å²) >= 11 is 5.75. The molecule has 1 aromatic rings. The zero-order valence-corrected chi connectivity index (χ0v) is 11.9. The number of nitrogens with one attached hydrogen (secondary N) is 1. The SMILES string of the molecule is Cc1cc(Cl)c([N+](=O)[O-])cc1NC(=O)OC(C)(C)C. The Morgan fingerprint density at radius 1 is 1.42 bits per heavy atom. The Morgan fingerprint density at radius 3 is 2.47 bits per heavy atom. The van der Waals surface area contributed by atoms with Crippen LogP contribution in [0.4, 0.5) is 16.2 Å². The summed E-state index contributed by atoms with van der Waals surface area (Å²) < 4.78 is 5.07. The van der Waals surface area contributed by atoms with E-state index in [1.165, 1.54) is 12.1 Å². The summed E-state index contributed by atoms with van der Waals surface area (Å²) in [5, 5.41) is 13.3. The highest BCUT2D eigenvalue weighted by atomic mass is 35.5. The number of nitro groups is 1. The van der Waals surface area contributed by atoms with E-state index in [1.54, 1.807) is 27.7 Å². The fourth-order valence-corrected chi connectivity index (χ4v) is 1.64. The van der Waals surface area contributed by atoms with Crippen LogP contribution in [0.3, 0.4) is 0 Å². The highest BCUT2D eigenvalue weighted by Gasteiger charge is 2.19. The van der Waals surface area contributed by atoms with Crippen LogP contribution in [0.2, 0.25) is 5.02 Å². The quantitative estimate of drug-likeness (QED) is 0.660. The van der Waals surface area contributed by atoms with Crippen molar-refractivity contribution in [1.29, 1.82) is 0 Å². The van der Waals surface area contributed by atoms with Crippen molar-refractivity contribution < 1.29 is 14.5 Å². The number of rotatable bonds is 2. The average molecular weight is 287 g/mol. The summed E-state index contributed by atoms with van der Waals surface area (Å²) in [5.74, 6) is 0. The number of benzene rings is 1. The van der Waals surface area contributed by atoms with Crippen LogP contribution in [0, 0.1) is 17.0 Å². The van der Waals surface area contributed by atoms with Gasteiger partial charge in [0.1, 0.15) is 10.6 Å². The lowest BCUT2D eigenvalue weighted by molar-refractivity contribution is -0.384. The molecule has 7 heteroatoms. The van der Waals surface area contributed by atoms with Gasteiger partial charge in [-0.05, 0) is 39.3 Å². The second-order valence-electron chi connectivity index (χ2n) is 5.00. The normalized spacial score (nSPS) is 11.0. The van der Waals surface area contributed by atoms with Gasteiger partial charge in [0.15, 0.2) is 0 Å². The summed E-state index contributed by atoms with van der Waals surface area (Å²) in [4.78, 5) is 21.8. The molecule has 0 aliphatic carbocycles. The Kier molecular flexibility index (Phi) is 4.36. The molecule has 104 valence electrons. The summed E-state index contributed by atoms with van der Waals surface area (Å²) in [6.07, 6.45) is -0.674. The number of hydrogen-bond acceptors (Lipinski definition) is 4. The molecule has 1 aromatic carbocycles. The number of ether oxygens (including phenoxy) is 1. The maximum Gasteiger partial charge on any atom is 0.412 e. The van der Waals surface area contributed by atoms with Crippen molar-refractivity contribution in [3.05, 3.63) is 32.8 Å². The predicted molar refractivity (Wildman–Crippen MR) is 72.7 cm³/mol. The minimum atomic E-state index is -0.674. The first-order valence-corrected chi connectivity index (χ1v) is 5.92. The van der Waals surface area contributed by atoms with Crippen LogP contribution in [0.1, 0.15) is 26.3 Å². The molecule has 6 nitrogen and oxygen atoms in total. The Morgan fingerprint density at radius 2 is 2.00 bits per heavy atom. The third-order valence-electron chi connectivity index (χ3n) is 2.13. The van der Waals surface area contributed by atoms with Gasteiger partial charge in [0, 0.05) is 6.07 Å². The lowest BCUT2D eigenvalue weighted by Crippen LogP contribution is -2.27. The standard InChI is InChI=1S/C12H15ClN2O4/c1-7-5-8(13)10(15(17)18)6-9(7)14-11(16)19-12(2,3)4/h5-6H,1-4H3,(H,14,16). The van der Waals surface area contributed by atoms with Crippen molar-refractivity contribution in [1.82, 2.24) is 0 Å². The van der Waals surface area contributed by atoms with Gasteiger partial charge in [0.25, 0.3) is 5.69 Å². The molecule has 0 aliphatic heterocycles. The molecule has 0 saturated carbocycles. The molecule has 19 heavy (non-hydrogen) atoms. The molecule has 0 unspecified atom stereocenters. The molecule has 1 N–H and O–H groups in total. The van der Waals surface area contributed by atoms with E-state index in [-0.39, 0.29) is 10.7 Å². The second-order valence-corrected chi connectivity index (χ2v) is 5.41. The number of anilines is 1. The Balaban J connectivity index is 2.99. The molecule has 0 atom stereocenters. The van der Waals surface area contributed by atoms with E-state index in [2.05, 4.69) is 5.32 Å². The minimum absolute atomic E-state index is 0.0252. The fraction of sp³-hybridized carbons (Fsp3) is 0.417. The number of carbonyl (C=O) groups excluding carboxylic acids is 1. The van der Waals surface area contributed by atoms with Crippen molar-refractivity contribution in [2.45, 2.75) is 33.3 Å². The number of nitrogens with zero attached hydrogens (tertiary/aromatic N) is 1. The number of hydrogen-bond donors (Lipinski definition) is 1. The monoisotopic (exact) mass is 286 g/mol. The molecule has 1 amide bonds. The first-order chi connectivity index (χ1) is 8.60. The molecule has 0 aromatic heterocycles. The molecule has 1 rings (SSSR count). The molecular weight excluding hydrogens is 272 g/mol. The topological polar surface area (TPSA) is 81.5 Å². The Bertz CT molecular complexity index is 523. The van der Waals surface area contributed by atoms with Crippen LogP contribution in [-0.2, 0) is 4.74 Å². The summed E-state index contributed by atoms with van der Waals surface area (Å²) in [5.41, 5.74) is 0.00113. The first-order valence-electron chi connectivity index (χ1n) is 5.54. The molecular formula is C12H15ClN2O4. The molecule has 0 heterocycles. The molecule has 0 radical (unpaired) electrons. The van der Waals surface area contributed by atoms with Gasteiger partial charge in [0.05, 0.1) is 10.6 Å². The van der Waals surface area contributed by atoms with Gasteiger partial charge in [-0.1, -0.05) is 11.6 Å². The van der Waals surface area contributed by atoms with Crippen LogP contribution in [0.25, 0.3) is 0 Å². The van der Waals surface area contributed by atoms with Crippen LogP contribution < -0.4 is 5.32 Å². The van der Waals surface area contributed by atoms with Crippen LogP contribution in [0.5, 0.6) is 0 Å². The highest BCUT2D eigenvalue weighted by molar-refractivity contribution is 6.32. The smallest absolute Gasteiger partial charge is 0.412 e. The molecule has 0 bridgehead atoms. The van der Waals surface area contributed by atoms with Gasteiger partial charge in [-0.15, -0.1) is 0 Å². The molecule has 0 spiro atoms. The highest BCUT2D eigenvalue weighted by Crippen LogP contribution is 2.30. The van der Waals surface area contributed by atoms with E-state index < -0.39 is 16.6 Å². The molecule has 0 fully saturated rings. The summed E-state index contributed by atoms with van der Waals surface area (Å²) in [6, 6.07) is 2.63. The third-order valence-corrected chi connectivity index (χ3v) is 2.43. The van der Waals surface area contributed by atoms with Crippen molar-refractivity contribution >= 4 is 29.1 Å². The maximum absolute atomic E-state index is 11.6. The van der Waals surface area contributed by atoms with E-state index in [4.69, 9.17) is 16.3 Å². The molecule has 0 saturated heterocycles. The molecule has 0 aliphatic rings. The number of amides is 1. The van der Waals surface area contributed by atoms with Gasteiger partial charge in [0.2, 0.25) is 0 Å². The van der Waals surface area contributed by atoms with E-state index >= 15 is 0 Å². The van der Waals surface area contributed by atoms with Gasteiger partial charge in [-0.25, -0.2) is 4.79 Å². The lowest BCUT2D eigenvalue weighted by Gasteiger charge is -2.20. The second kappa shape index (κ2) is 5.44. The average Bonchev–Trinajstić information content (AvgIpc) is 2.18. The maximum atomic E-state index is 11.6. The van der Waals surface area contributed by atoms with E-state index in [9.17, 15) is 14.9 Å². The summed E-state index contributed by atoms with van der Waals surface area (Å²) in [6.45, 7) is 6.86. The Hall–Kier alpha value is -1.82. The first kappa shape index (κ1) is 15.2. The third kappa shape index (κ3) is 4.40. The zero-order chi connectivity index (χ0) is 14.8. The van der Waals surface area contributed by atoms with Gasteiger partial charge >= 0.3 is 6.09 Å². The number of carbonyl (C=O) groups is 1. The largest absolute Gasteiger partial charge is 0.444 e. The Labute approximate surface area is 115 Å². The van der Waals surface area contributed by atoms with Crippen molar-refractivity contribution in [2.24, 2.45) is 0 Å². The lowest BCUT2D eigenvalue weighted by atomic mass is 10.2. The van der Waals surface area contributed by atoms with Crippen molar-refractivity contribution in [2.75, 3.05) is 5.32 Å². The summed E-state index contributed by atoms with van der Waals surface area (Å²) in [7, 11) is 0. The van der Waals surface area contributed by atoms with Gasteiger partial charge in [-0.2, -0.15) is 0 Å². The van der Waals surface area contributed by atoms with Crippen LogP contribution >= 0.6 is 11.6 Å². The zero-order valence-electron chi connectivity index (χ0n) is 11.1. The van der Waals surface area contributed by atoms with E-state index in [0.717, 1.165) is 0 Å². The van der Waals surface area contributed by atoms with E-state index in [0.29, 0.717) is 11.3 Å². The van der Waals surface area contributed by atoms with Crippen molar-refractivity contribution in [3.63, 3.8) is 0 Å². The van der Waals surface area contributed by atoms with Crippen LogP contribution in [-0.4, -0.2) is 16.6 Å². The van der Waals surface area contributed by atoms with Crippen LogP contribution in [0.15, 0.2) is 12.1 Å². The minimum Gasteiger partial charge on any atom is -0.444 e. The van der Waals surface area contributed by atoms with Gasteiger partial charge < -0.3 is 4.74 Å². The number of halogens is 1. The van der Waals surface area contributed by atoms with E-state index in [1.807, 2.05) is 0 Å². The fourth-order valence-electron chi connectivity index (χ4n) is 1.35.